The van der Waals surface area contributed by atoms with Gasteiger partial charge in [-0.05, 0) is 60.7 Å². The van der Waals surface area contributed by atoms with Crippen LogP contribution in [-0.2, 0) is 21.2 Å². The Balaban J connectivity index is 1.86. The molecule has 0 bridgehead atoms. The highest BCUT2D eigenvalue weighted by molar-refractivity contribution is 7.91. The van der Waals surface area contributed by atoms with Crippen LogP contribution >= 0.6 is 0 Å². The molecular formula is C28H29N3O5S. The average molecular weight is 520 g/mol. The van der Waals surface area contributed by atoms with E-state index in [2.05, 4.69) is 9.97 Å². The topological polar surface area (TPSA) is 111 Å². The Morgan fingerprint density at radius 1 is 1.03 bits per heavy atom. The second kappa shape index (κ2) is 11.1. The summed E-state index contributed by atoms with van der Waals surface area (Å²) in [6, 6.07) is 16.9. The lowest BCUT2D eigenvalue weighted by Gasteiger charge is -2.25. The molecule has 9 heteroatoms. The molecular weight excluding hydrogens is 490 g/mol. The van der Waals surface area contributed by atoms with Crippen LogP contribution in [0.3, 0.4) is 0 Å². The van der Waals surface area contributed by atoms with E-state index in [9.17, 15) is 18.3 Å². The van der Waals surface area contributed by atoms with E-state index in [0.717, 1.165) is 22.3 Å². The van der Waals surface area contributed by atoms with Gasteiger partial charge >= 0.3 is 0 Å². The van der Waals surface area contributed by atoms with Crippen LogP contribution in [0.15, 0.2) is 87.6 Å². The first kappa shape index (κ1) is 26.2. The summed E-state index contributed by atoms with van der Waals surface area (Å²) in [4.78, 5) is 20.3. The van der Waals surface area contributed by atoms with E-state index in [-0.39, 0.29) is 17.3 Å². The second-order valence-electron chi connectivity index (χ2n) is 8.55. The third-order valence-electron chi connectivity index (χ3n) is 6.22. The van der Waals surface area contributed by atoms with Crippen molar-refractivity contribution >= 4 is 9.84 Å². The molecule has 37 heavy (non-hydrogen) atoms. The molecule has 1 N–H and O–H groups in total. The summed E-state index contributed by atoms with van der Waals surface area (Å²) >= 11 is 0. The van der Waals surface area contributed by atoms with Crippen LogP contribution in [0.25, 0.3) is 11.1 Å². The molecule has 2 aromatic carbocycles. The van der Waals surface area contributed by atoms with Crippen molar-refractivity contribution in [2.75, 3.05) is 6.61 Å². The lowest BCUT2D eigenvalue weighted by atomic mass is 10.0. The number of nitrogens with zero attached hydrogens (tertiary/aromatic N) is 3. The lowest BCUT2D eigenvalue weighted by molar-refractivity contribution is 0.121. The van der Waals surface area contributed by atoms with Gasteiger partial charge in [-0.3, -0.25) is 14.3 Å². The number of rotatable bonds is 9. The van der Waals surface area contributed by atoms with Gasteiger partial charge in [0.2, 0.25) is 15.7 Å². The minimum atomic E-state index is -4.39. The average Bonchev–Trinajstić information content (AvgIpc) is 2.90. The van der Waals surface area contributed by atoms with E-state index >= 15 is 0 Å². The molecule has 2 aromatic heterocycles. The molecule has 0 radical (unpaired) electrons. The smallest absolute Gasteiger partial charge is 0.296 e. The van der Waals surface area contributed by atoms with E-state index in [4.69, 9.17) is 4.74 Å². The first-order valence-electron chi connectivity index (χ1n) is 12.0. The molecule has 8 nitrogen and oxygen atoms in total. The van der Waals surface area contributed by atoms with Gasteiger partial charge in [-0.2, -0.15) is 4.98 Å². The molecule has 0 spiro atoms. The normalized spacial score (nSPS) is 12.4. The number of sulfone groups is 1. The maximum absolute atomic E-state index is 13.7. The number of aryl methyl sites for hydroxylation is 1. The van der Waals surface area contributed by atoms with Crippen LogP contribution in [-0.4, -0.2) is 34.7 Å². The maximum Gasteiger partial charge on any atom is 0.296 e. The van der Waals surface area contributed by atoms with Crippen molar-refractivity contribution in [2.24, 2.45) is 0 Å². The SMILES string of the molecule is CCOCc1nc(=O)c(S(=O)(=O)c2ccc(-c3ccncc3C)cc2)c(O)n1C(CC)c1ccccc1. The van der Waals surface area contributed by atoms with Gasteiger partial charge in [0.05, 0.1) is 10.9 Å². The second-order valence-corrected chi connectivity index (χ2v) is 10.4. The van der Waals surface area contributed by atoms with Gasteiger partial charge in [0.15, 0.2) is 4.90 Å². The van der Waals surface area contributed by atoms with Crippen LogP contribution in [0.4, 0.5) is 0 Å². The van der Waals surface area contributed by atoms with Crippen molar-refractivity contribution in [3.8, 4) is 17.0 Å². The predicted molar refractivity (Wildman–Crippen MR) is 140 cm³/mol. The zero-order valence-electron chi connectivity index (χ0n) is 21.0. The van der Waals surface area contributed by atoms with Gasteiger partial charge in [-0.15, -0.1) is 0 Å². The molecule has 0 amide bonds. The fourth-order valence-electron chi connectivity index (χ4n) is 4.38. The Morgan fingerprint density at radius 2 is 1.73 bits per heavy atom. The highest BCUT2D eigenvalue weighted by Gasteiger charge is 2.32. The van der Waals surface area contributed by atoms with E-state index in [1.807, 2.05) is 50.2 Å². The summed E-state index contributed by atoms with van der Waals surface area (Å²) in [5.74, 6) is -0.498. The molecule has 2 heterocycles. The highest BCUT2D eigenvalue weighted by Crippen LogP contribution is 2.33. The molecule has 1 atom stereocenters. The Bertz CT molecular complexity index is 1550. The number of aromatic nitrogens is 3. The van der Waals surface area contributed by atoms with Gasteiger partial charge in [-0.25, -0.2) is 8.42 Å². The fourth-order valence-corrected chi connectivity index (χ4v) is 5.72. The third kappa shape index (κ3) is 5.19. The molecule has 0 aliphatic carbocycles. The van der Waals surface area contributed by atoms with Crippen molar-refractivity contribution in [1.82, 2.24) is 14.5 Å². The highest BCUT2D eigenvalue weighted by atomic mass is 32.2. The Kier molecular flexibility index (Phi) is 7.85. The van der Waals surface area contributed by atoms with E-state index < -0.39 is 32.2 Å². The van der Waals surface area contributed by atoms with E-state index in [1.54, 1.807) is 31.5 Å². The number of benzene rings is 2. The number of pyridine rings is 1. The number of aromatic hydroxyl groups is 1. The summed E-state index contributed by atoms with van der Waals surface area (Å²) in [5.41, 5.74) is 2.48. The van der Waals surface area contributed by atoms with Crippen molar-refractivity contribution in [1.29, 1.82) is 0 Å². The van der Waals surface area contributed by atoms with Crippen LogP contribution in [0.2, 0.25) is 0 Å². The minimum absolute atomic E-state index is 0.0526. The lowest BCUT2D eigenvalue weighted by Crippen LogP contribution is -2.28. The zero-order chi connectivity index (χ0) is 26.6. The van der Waals surface area contributed by atoms with Gasteiger partial charge in [0.25, 0.3) is 5.56 Å². The third-order valence-corrected chi connectivity index (χ3v) is 8.00. The summed E-state index contributed by atoms with van der Waals surface area (Å²) < 4.78 is 34.2. The van der Waals surface area contributed by atoms with Gasteiger partial charge in [-0.1, -0.05) is 49.4 Å². The van der Waals surface area contributed by atoms with Gasteiger partial charge in [0.1, 0.15) is 12.4 Å². The first-order chi connectivity index (χ1) is 17.8. The quantitative estimate of drug-likeness (QED) is 0.341. The van der Waals surface area contributed by atoms with Crippen molar-refractivity contribution < 1.29 is 18.3 Å². The van der Waals surface area contributed by atoms with Crippen LogP contribution in [0.1, 0.15) is 43.3 Å². The first-order valence-corrected chi connectivity index (χ1v) is 13.5. The van der Waals surface area contributed by atoms with Crippen molar-refractivity contribution in [3.05, 3.63) is 100 Å². The minimum Gasteiger partial charge on any atom is -0.493 e. The van der Waals surface area contributed by atoms with Gasteiger partial charge < -0.3 is 9.84 Å². The Labute approximate surface area is 216 Å². The van der Waals surface area contributed by atoms with Crippen LogP contribution in [0.5, 0.6) is 5.88 Å². The van der Waals surface area contributed by atoms with E-state index in [1.165, 1.54) is 16.7 Å². The molecule has 192 valence electrons. The van der Waals surface area contributed by atoms with Gasteiger partial charge in [0, 0.05) is 19.0 Å². The summed E-state index contributed by atoms with van der Waals surface area (Å²) in [5, 5.41) is 11.4. The molecule has 0 aliphatic heterocycles. The summed E-state index contributed by atoms with van der Waals surface area (Å²) in [7, 11) is -4.39. The summed E-state index contributed by atoms with van der Waals surface area (Å²) in [6.45, 7) is 5.94. The Hall–Kier alpha value is -3.82. The van der Waals surface area contributed by atoms with Crippen molar-refractivity contribution in [3.63, 3.8) is 0 Å². The number of hydrogen-bond donors (Lipinski definition) is 1. The number of hydrogen-bond acceptors (Lipinski definition) is 7. The standard InChI is InChI=1S/C28H29N3O5S/c1-4-24(21-9-7-6-8-10-21)31-25(18-36-5-2)30-27(32)26(28(31)33)37(34,35)22-13-11-20(12-14-22)23-15-16-29-17-19(23)3/h6-17,24,33H,4-5,18H2,1-3H3. The molecule has 0 aliphatic rings. The Morgan fingerprint density at radius 3 is 2.35 bits per heavy atom. The molecule has 4 rings (SSSR count). The fraction of sp³-hybridized carbons (Fsp3) is 0.250. The van der Waals surface area contributed by atoms with E-state index in [0.29, 0.717) is 13.0 Å². The zero-order valence-corrected chi connectivity index (χ0v) is 21.8. The molecule has 0 saturated carbocycles. The van der Waals surface area contributed by atoms with Crippen molar-refractivity contribution in [2.45, 2.75) is 49.6 Å². The molecule has 4 aromatic rings. The summed E-state index contributed by atoms with van der Waals surface area (Å²) in [6.07, 6.45) is 3.91. The molecule has 0 fully saturated rings. The molecule has 1 unspecified atom stereocenters. The number of ether oxygens (including phenoxy) is 1. The maximum atomic E-state index is 13.7. The largest absolute Gasteiger partial charge is 0.493 e. The van der Waals surface area contributed by atoms with Crippen LogP contribution in [0, 0.1) is 6.92 Å². The predicted octanol–water partition coefficient (Wildman–Crippen LogP) is 4.69. The molecule has 0 saturated heterocycles. The monoisotopic (exact) mass is 519 g/mol. The van der Waals surface area contributed by atoms with Crippen LogP contribution < -0.4 is 5.56 Å².